The lowest BCUT2D eigenvalue weighted by atomic mass is 9.88. The van der Waals surface area contributed by atoms with Crippen LogP contribution in [0, 0.1) is 5.92 Å². The third-order valence-electron chi connectivity index (χ3n) is 4.44. The lowest BCUT2D eigenvalue weighted by Gasteiger charge is -2.27. The number of hydrogen-bond donors (Lipinski definition) is 0. The molecule has 2 aliphatic heterocycles. The lowest BCUT2D eigenvalue weighted by molar-refractivity contribution is -0.123. The van der Waals surface area contributed by atoms with Crippen LogP contribution in [-0.4, -0.2) is 27.9 Å². The molecular weight excluding hydrogens is 386 g/mol. The van der Waals surface area contributed by atoms with Crippen LogP contribution in [0.1, 0.15) is 5.56 Å². The monoisotopic (exact) mass is 399 g/mol. The highest BCUT2D eigenvalue weighted by Gasteiger charge is 2.37. The molecule has 0 radical (unpaired) electrons. The Morgan fingerprint density at radius 3 is 2.63 bits per heavy atom. The average Bonchev–Trinajstić information content (AvgIpc) is 2.93. The van der Waals surface area contributed by atoms with Crippen molar-refractivity contribution in [2.75, 3.05) is 0 Å². The fourth-order valence-corrected chi connectivity index (χ4v) is 3.97. The zero-order chi connectivity index (χ0) is 19.0. The fraction of sp³-hybridized carbons (Fsp3) is 0.150. The number of rotatable bonds is 3. The van der Waals surface area contributed by atoms with Gasteiger partial charge in [-0.1, -0.05) is 42.0 Å². The molecular formula is C20H14ClNO4S. The topological polar surface area (TPSA) is 63.7 Å². The molecule has 1 aromatic carbocycles. The second kappa shape index (κ2) is 7.21. The van der Waals surface area contributed by atoms with Crippen molar-refractivity contribution in [2.45, 2.75) is 12.6 Å². The molecule has 0 unspecified atom stereocenters. The van der Waals surface area contributed by atoms with Crippen molar-refractivity contribution in [3.05, 3.63) is 82.0 Å². The molecule has 4 rings (SSSR count). The first-order chi connectivity index (χ1) is 13.0. The Balaban J connectivity index is 1.53. The predicted octanol–water partition coefficient (Wildman–Crippen LogP) is 4.01. The Morgan fingerprint density at radius 2 is 1.85 bits per heavy atom. The molecule has 2 heterocycles. The summed E-state index contributed by atoms with van der Waals surface area (Å²) in [5, 5.41) is 0.213. The van der Waals surface area contributed by atoms with E-state index in [1.807, 2.05) is 12.2 Å². The fourth-order valence-electron chi connectivity index (χ4n) is 3.01. The Morgan fingerprint density at radius 1 is 1.11 bits per heavy atom. The molecule has 0 bridgehead atoms. The van der Waals surface area contributed by atoms with E-state index in [0.29, 0.717) is 5.02 Å². The second-order valence-electron chi connectivity index (χ2n) is 6.23. The number of carbonyl (C=O) groups excluding carboxylic acids is 3. The summed E-state index contributed by atoms with van der Waals surface area (Å²) in [7, 11) is 0. The van der Waals surface area contributed by atoms with Gasteiger partial charge in [-0.2, -0.15) is 0 Å². The van der Waals surface area contributed by atoms with Crippen LogP contribution in [0.15, 0.2) is 71.4 Å². The number of thioether (sulfide) groups is 1. The van der Waals surface area contributed by atoms with Crippen LogP contribution in [0.3, 0.4) is 0 Å². The zero-order valence-electron chi connectivity index (χ0n) is 14.0. The number of hydrogen-bond acceptors (Lipinski definition) is 5. The maximum atomic E-state index is 12.6. The Kier molecular flexibility index (Phi) is 4.76. The number of amides is 2. The quantitative estimate of drug-likeness (QED) is 0.718. The van der Waals surface area contributed by atoms with Crippen LogP contribution in [0.2, 0.25) is 5.02 Å². The number of halogens is 1. The summed E-state index contributed by atoms with van der Waals surface area (Å²) in [4.78, 5) is 38.9. The second-order valence-corrected chi connectivity index (χ2v) is 7.66. The molecule has 0 spiro atoms. The van der Waals surface area contributed by atoms with Gasteiger partial charge in [0.1, 0.15) is 6.10 Å². The van der Waals surface area contributed by atoms with E-state index in [9.17, 15) is 14.4 Å². The molecule has 27 heavy (non-hydrogen) atoms. The van der Waals surface area contributed by atoms with E-state index in [0.717, 1.165) is 22.2 Å². The van der Waals surface area contributed by atoms with Gasteiger partial charge in [-0.15, -0.1) is 0 Å². The summed E-state index contributed by atoms with van der Waals surface area (Å²) < 4.78 is 5.57. The SMILES string of the molecule is O=C1C(/C=C2/SC(=O)N(Cc3ccc(Cl)cc3)C2=O)=CO[C@@H]2C=CC=C[C@@H]12. The molecule has 1 aliphatic carbocycles. The summed E-state index contributed by atoms with van der Waals surface area (Å²) in [6.07, 6.45) is 9.70. The van der Waals surface area contributed by atoms with Crippen molar-refractivity contribution in [3.63, 3.8) is 0 Å². The molecule has 0 aromatic heterocycles. The molecule has 1 fully saturated rings. The van der Waals surface area contributed by atoms with E-state index >= 15 is 0 Å². The van der Waals surface area contributed by atoms with Gasteiger partial charge in [0.25, 0.3) is 11.1 Å². The number of carbonyl (C=O) groups is 3. The molecule has 1 aromatic rings. The van der Waals surface area contributed by atoms with Crippen LogP contribution in [-0.2, 0) is 20.9 Å². The van der Waals surface area contributed by atoms with E-state index in [4.69, 9.17) is 16.3 Å². The Bertz CT molecular complexity index is 945. The zero-order valence-corrected chi connectivity index (χ0v) is 15.6. The van der Waals surface area contributed by atoms with Crippen molar-refractivity contribution in [1.82, 2.24) is 4.90 Å². The first-order valence-corrected chi connectivity index (χ1v) is 9.47. The third kappa shape index (κ3) is 3.50. The average molecular weight is 400 g/mol. The first kappa shape index (κ1) is 17.8. The maximum Gasteiger partial charge on any atom is 0.293 e. The third-order valence-corrected chi connectivity index (χ3v) is 5.60. The van der Waals surface area contributed by atoms with Crippen molar-refractivity contribution >= 4 is 40.3 Å². The molecule has 2 atom stereocenters. The van der Waals surface area contributed by atoms with Crippen LogP contribution in [0.5, 0.6) is 0 Å². The number of ether oxygens (including phenoxy) is 1. The molecule has 0 saturated carbocycles. The summed E-state index contributed by atoms with van der Waals surface area (Å²) >= 11 is 6.68. The minimum atomic E-state index is -0.421. The van der Waals surface area contributed by atoms with Gasteiger partial charge in [-0.05, 0) is 41.6 Å². The van der Waals surface area contributed by atoms with Crippen LogP contribution >= 0.6 is 23.4 Å². The molecule has 7 heteroatoms. The number of imide groups is 1. The van der Waals surface area contributed by atoms with Crippen LogP contribution in [0.4, 0.5) is 4.79 Å². The van der Waals surface area contributed by atoms with Crippen molar-refractivity contribution in [2.24, 2.45) is 5.92 Å². The number of allylic oxidation sites excluding steroid dienone is 4. The Labute approximate surface area is 165 Å². The van der Waals surface area contributed by atoms with Crippen molar-refractivity contribution < 1.29 is 19.1 Å². The Hall–Kier alpha value is -2.57. The van der Waals surface area contributed by atoms with Gasteiger partial charge in [0.05, 0.1) is 29.2 Å². The largest absolute Gasteiger partial charge is 0.492 e. The molecule has 0 N–H and O–H groups in total. The van der Waals surface area contributed by atoms with E-state index in [1.54, 1.807) is 36.4 Å². The lowest BCUT2D eigenvalue weighted by Crippen LogP contribution is -2.32. The highest BCUT2D eigenvalue weighted by Crippen LogP contribution is 2.34. The van der Waals surface area contributed by atoms with Crippen molar-refractivity contribution in [3.8, 4) is 0 Å². The van der Waals surface area contributed by atoms with E-state index in [-0.39, 0.29) is 34.1 Å². The number of Topliss-reactive ketones (excluding diaryl/α,β-unsaturated/α-hetero) is 1. The molecule has 3 aliphatic rings. The van der Waals surface area contributed by atoms with Crippen molar-refractivity contribution in [1.29, 1.82) is 0 Å². The highest BCUT2D eigenvalue weighted by molar-refractivity contribution is 8.18. The smallest absolute Gasteiger partial charge is 0.293 e. The summed E-state index contributed by atoms with van der Waals surface area (Å²) in [6, 6.07) is 6.94. The minimum Gasteiger partial charge on any atom is -0.492 e. The summed E-state index contributed by atoms with van der Waals surface area (Å²) in [5.74, 6) is -0.958. The predicted molar refractivity (Wildman–Crippen MR) is 103 cm³/mol. The molecule has 136 valence electrons. The number of benzene rings is 1. The highest BCUT2D eigenvalue weighted by atomic mass is 35.5. The van der Waals surface area contributed by atoms with E-state index < -0.39 is 11.8 Å². The van der Waals surface area contributed by atoms with Gasteiger partial charge < -0.3 is 4.74 Å². The van der Waals surface area contributed by atoms with Gasteiger partial charge in [-0.3, -0.25) is 19.3 Å². The van der Waals surface area contributed by atoms with Gasteiger partial charge in [0, 0.05) is 5.02 Å². The molecule has 5 nitrogen and oxygen atoms in total. The van der Waals surface area contributed by atoms with Gasteiger partial charge in [0.15, 0.2) is 5.78 Å². The maximum absolute atomic E-state index is 12.6. The number of fused-ring (bicyclic) bond motifs is 1. The van der Waals surface area contributed by atoms with Crippen LogP contribution in [0.25, 0.3) is 0 Å². The number of ketones is 1. The minimum absolute atomic E-state index is 0.128. The molecule has 1 saturated heterocycles. The first-order valence-electron chi connectivity index (χ1n) is 8.27. The van der Waals surface area contributed by atoms with E-state index in [2.05, 4.69) is 0 Å². The van der Waals surface area contributed by atoms with Gasteiger partial charge >= 0.3 is 0 Å². The normalized spacial score (nSPS) is 25.7. The van der Waals surface area contributed by atoms with E-state index in [1.165, 1.54) is 12.3 Å². The molecule has 2 amide bonds. The van der Waals surface area contributed by atoms with Gasteiger partial charge in [0.2, 0.25) is 0 Å². The van der Waals surface area contributed by atoms with Crippen LogP contribution < -0.4 is 0 Å². The van der Waals surface area contributed by atoms with Gasteiger partial charge in [-0.25, -0.2) is 0 Å². The summed E-state index contributed by atoms with van der Waals surface area (Å²) in [5.41, 5.74) is 1.08. The number of nitrogens with zero attached hydrogens (tertiary/aromatic N) is 1. The summed E-state index contributed by atoms with van der Waals surface area (Å²) in [6.45, 7) is 0.154. The standard InChI is InChI=1S/C20H14ClNO4S/c21-14-7-5-12(6-8-14)10-22-19(24)17(27-20(22)25)9-13-11-26-16-4-2-1-3-15(16)18(13)23/h1-9,11,15-16H,10H2/b17-9+/t15-,16-/m1/s1.